The fourth-order valence-electron chi connectivity index (χ4n) is 1.19. The first-order valence-electron chi connectivity index (χ1n) is 4.02. The minimum atomic E-state index is -0.465. The Morgan fingerprint density at radius 3 is 2.71 bits per heavy atom. The summed E-state index contributed by atoms with van der Waals surface area (Å²) in [5.41, 5.74) is 0.472. The largest absolute Gasteiger partial charge is 0.495 e. The summed E-state index contributed by atoms with van der Waals surface area (Å²) in [6, 6.07) is 4.43. The molecular weight excluding hydrogens is 205 g/mol. The van der Waals surface area contributed by atoms with Crippen molar-refractivity contribution in [2.45, 2.75) is 12.8 Å². The molecule has 74 valence electrons. The number of hydrogen-bond donors (Lipinski definition) is 0. The van der Waals surface area contributed by atoms with Crippen molar-refractivity contribution < 1.29 is 9.13 Å². The second kappa shape index (κ2) is 4.30. The Morgan fingerprint density at radius 1 is 1.57 bits per heavy atom. The van der Waals surface area contributed by atoms with Gasteiger partial charge in [0.15, 0.2) is 0 Å². The van der Waals surface area contributed by atoms with E-state index in [1.54, 1.807) is 6.92 Å². The Morgan fingerprint density at radius 2 is 2.21 bits per heavy atom. The van der Waals surface area contributed by atoms with Crippen molar-refractivity contribution in [3.8, 4) is 11.8 Å². The summed E-state index contributed by atoms with van der Waals surface area (Å²) < 4.78 is 18.0. The van der Waals surface area contributed by atoms with Gasteiger partial charge in [-0.2, -0.15) is 5.26 Å². The van der Waals surface area contributed by atoms with Crippen molar-refractivity contribution >= 4 is 11.6 Å². The summed E-state index contributed by atoms with van der Waals surface area (Å²) in [4.78, 5) is 0. The maximum Gasteiger partial charge on any atom is 0.142 e. The number of hydrogen-bond acceptors (Lipinski definition) is 2. The Kier molecular flexibility index (Phi) is 3.32. The Hall–Kier alpha value is -1.27. The van der Waals surface area contributed by atoms with Crippen LogP contribution in [0.3, 0.4) is 0 Å². The second-order valence-corrected chi connectivity index (χ2v) is 3.27. The summed E-state index contributed by atoms with van der Waals surface area (Å²) >= 11 is 5.76. The number of methoxy groups -OCH3 is 1. The average Bonchev–Trinajstić information content (AvgIpc) is 2.15. The molecule has 0 aliphatic rings. The molecule has 1 aromatic rings. The average molecular weight is 214 g/mol. The van der Waals surface area contributed by atoms with E-state index in [9.17, 15) is 4.39 Å². The summed E-state index contributed by atoms with van der Waals surface area (Å²) in [5, 5.41) is 8.90. The predicted octanol–water partition coefficient (Wildman–Crippen LogP) is 3.11. The van der Waals surface area contributed by atoms with Crippen LogP contribution >= 0.6 is 11.6 Å². The zero-order valence-electron chi connectivity index (χ0n) is 7.84. The van der Waals surface area contributed by atoms with Crippen molar-refractivity contribution in [2.24, 2.45) is 0 Å². The van der Waals surface area contributed by atoms with Crippen molar-refractivity contribution in [1.29, 1.82) is 5.26 Å². The van der Waals surface area contributed by atoms with Gasteiger partial charge in [0, 0.05) is 5.56 Å². The van der Waals surface area contributed by atoms with Crippen LogP contribution in [0.5, 0.6) is 5.75 Å². The van der Waals surface area contributed by atoms with Gasteiger partial charge in [-0.25, -0.2) is 4.39 Å². The molecule has 0 saturated heterocycles. The van der Waals surface area contributed by atoms with Gasteiger partial charge in [0.1, 0.15) is 11.6 Å². The third kappa shape index (κ3) is 1.97. The number of ether oxygens (including phenoxy) is 1. The van der Waals surface area contributed by atoms with E-state index in [1.807, 2.05) is 6.07 Å². The monoisotopic (exact) mass is 213 g/mol. The van der Waals surface area contributed by atoms with Crippen molar-refractivity contribution in [3.05, 3.63) is 28.5 Å². The topological polar surface area (TPSA) is 33.0 Å². The first kappa shape index (κ1) is 10.8. The van der Waals surface area contributed by atoms with Crippen LogP contribution in [0.4, 0.5) is 4.39 Å². The molecule has 0 bridgehead atoms. The molecule has 0 amide bonds. The molecular formula is C10H9ClFNO. The van der Waals surface area contributed by atoms with Gasteiger partial charge in [0.25, 0.3) is 0 Å². The predicted molar refractivity (Wildman–Crippen MR) is 52.0 cm³/mol. The van der Waals surface area contributed by atoms with Crippen molar-refractivity contribution in [1.82, 2.24) is 0 Å². The molecule has 1 atom stereocenters. The normalized spacial score (nSPS) is 11.9. The molecule has 0 radical (unpaired) electrons. The molecule has 1 aromatic carbocycles. The molecule has 0 aliphatic carbocycles. The van der Waals surface area contributed by atoms with E-state index >= 15 is 0 Å². The fourth-order valence-corrected chi connectivity index (χ4v) is 1.48. The van der Waals surface area contributed by atoms with Crippen LogP contribution in [0.2, 0.25) is 5.02 Å². The molecule has 1 rings (SSSR count). The molecule has 0 fully saturated rings. The minimum Gasteiger partial charge on any atom is -0.495 e. The lowest BCUT2D eigenvalue weighted by Gasteiger charge is -2.11. The van der Waals surface area contributed by atoms with Crippen LogP contribution in [0.1, 0.15) is 18.4 Å². The number of halogens is 2. The van der Waals surface area contributed by atoms with Gasteiger partial charge in [0.05, 0.1) is 24.1 Å². The summed E-state index contributed by atoms with van der Waals surface area (Å²) in [5.74, 6) is -0.548. The van der Waals surface area contributed by atoms with Crippen LogP contribution in [-0.4, -0.2) is 7.11 Å². The SMILES string of the molecule is COc1c(Cl)cc(F)cc1C(C)C#N. The summed E-state index contributed by atoms with van der Waals surface area (Å²) in [6.45, 7) is 1.66. The quantitative estimate of drug-likeness (QED) is 0.756. The number of rotatable bonds is 2. The molecule has 4 heteroatoms. The van der Waals surface area contributed by atoms with Crippen molar-refractivity contribution in [2.75, 3.05) is 7.11 Å². The highest BCUT2D eigenvalue weighted by molar-refractivity contribution is 6.32. The standard InChI is InChI=1S/C10H9ClFNO/c1-6(5-13)8-3-7(12)4-9(11)10(8)14-2/h3-4,6H,1-2H3. The first-order chi connectivity index (χ1) is 6.60. The Bertz CT molecular complexity index is 386. The van der Waals surface area contributed by atoms with Gasteiger partial charge in [0.2, 0.25) is 0 Å². The van der Waals surface area contributed by atoms with Crippen LogP contribution in [0.15, 0.2) is 12.1 Å². The molecule has 0 aliphatic heterocycles. The molecule has 2 nitrogen and oxygen atoms in total. The highest BCUT2D eigenvalue weighted by Crippen LogP contribution is 2.34. The highest BCUT2D eigenvalue weighted by Gasteiger charge is 2.15. The third-order valence-corrected chi connectivity index (χ3v) is 2.18. The molecule has 0 aromatic heterocycles. The number of benzene rings is 1. The Balaban J connectivity index is 3.33. The maximum absolute atomic E-state index is 13.0. The molecule has 0 heterocycles. The summed E-state index contributed by atoms with van der Waals surface area (Å²) in [6.07, 6.45) is 0. The van der Waals surface area contributed by atoms with Crippen molar-refractivity contribution in [3.63, 3.8) is 0 Å². The summed E-state index contributed by atoms with van der Waals surface area (Å²) in [7, 11) is 1.44. The van der Waals surface area contributed by atoms with Gasteiger partial charge in [-0.15, -0.1) is 0 Å². The van der Waals surface area contributed by atoms with E-state index in [0.717, 1.165) is 6.07 Å². The fraction of sp³-hybridized carbons (Fsp3) is 0.300. The van der Waals surface area contributed by atoms with E-state index in [2.05, 4.69) is 0 Å². The van der Waals surface area contributed by atoms with Gasteiger partial charge >= 0.3 is 0 Å². The molecule has 0 saturated carbocycles. The van der Waals surface area contributed by atoms with E-state index in [0.29, 0.717) is 11.3 Å². The van der Waals surface area contributed by atoms with Crippen LogP contribution < -0.4 is 4.74 Å². The minimum absolute atomic E-state index is 0.185. The highest BCUT2D eigenvalue weighted by atomic mass is 35.5. The smallest absolute Gasteiger partial charge is 0.142 e. The van der Waals surface area contributed by atoms with Crippen LogP contribution in [0.25, 0.3) is 0 Å². The van der Waals surface area contributed by atoms with Crippen LogP contribution in [0, 0.1) is 17.1 Å². The second-order valence-electron chi connectivity index (χ2n) is 2.86. The molecule has 0 N–H and O–H groups in total. The van der Waals surface area contributed by atoms with Gasteiger partial charge in [-0.1, -0.05) is 11.6 Å². The zero-order chi connectivity index (χ0) is 10.7. The lowest BCUT2D eigenvalue weighted by Crippen LogP contribution is -1.97. The maximum atomic E-state index is 13.0. The van der Waals surface area contributed by atoms with Gasteiger partial charge in [-0.05, 0) is 19.1 Å². The number of nitrogens with zero attached hydrogens (tertiary/aromatic N) is 1. The zero-order valence-corrected chi connectivity index (χ0v) is 8.60. The van der Waals surface area contributed by atoms with E-state index in [-0.39, 0.29) is 5.02 Å². The van der Waals surface area contributed by atoms with E-state index in [4.69, 9.17) is 21.6 Å². The first-order valence-corrected chi connectivity index (χ1v) is 4.40. The van der Waals surface area contributed by atoms with Gasteiger partial charge in [-0.3, -0.25) is 0 Å². The molecule has 1 unspecified atom stereocenters. The van der Waals surface area contributed by atoms with E-state index in [1.165, 1.54) is 13.2 Å². The molecule has 14 heavy (non-hydrogen) atoms. The third-order valence-electron chi connectivity index (χ3n) is 1.90. The number of nitriles is 1. The lowest BCUT2D eigenvalue weighted by atomic mass is 10.0. The van der Waals surface area contributed by atoms with Gasteiger partial charge < -0.3 is 4.74 Å². The lowest BCUT2D eigenvalue weighted by molar-refractivity contribution is 0.408. The molecule has 0 spiro atoms. The van der Waals surface area contributed by atoms with E-state index < -0.39 is 11.7 Å². The Labute approximate surface area is 86.9 Å². The van der Waals surface area contributed by atoms with Crippen LogP contribution in [-0.2, 0) is 0 Å².